The standard InChI is InChI=1S/C16H15ClN2O4/c1-21-16(20)11-4-2-6-13(14(11)23-9-10-8-22-10)19-15-12(17)5-3-7-18-15/h2-7,10H,8-9H2,1H3,(H,18,19). The lowest BCUT2D eigenvalue weighted by atomic mass is 10.1. The molecule has 1 N–H and O–H groups in total. The number of para-hydroxylation sites is 1. The van der Waals surface area contributed by atoms with Crippen LogP contribution in [0.5, 0.6) is 5.75 Å². The zero-order valence-electron chi connectivity index (χ0n) is 12.4. The molecule has 0 aliphatic carbocycles. The van der Waals surface area contributed by atoms with Gasteiger partial charge in [0.25, 0.3) is 0 Å². The number of nitrogens with one attached hydrogen (secondary N) is 1. The van der Waals surface area contributed by atoms with Crippen LogP contribution in [0.4, 0.5) is 11.5 Å². The summed E-state index contributed by atoms with van der Waals surface area (Å²) in [6, 6.07) is 8.60. The van der Waals surface area contributed by atoms with Crippen molar-refractivity contribution < 1.29 is 19.0 Å². The van der Waals surface area contributed by atoms with Crippen molar-refractivity contribution in [2.45, 2.75) is 6.10 Å². The van der Waals surface area contributed by atoms with E-state index >= 15 is 0 Å². The van der Waals surface area contributed by atoms with Crippen molar-refractivity contribution in [1.82, 2.24) is 4.98 Å². The van der Waals surface area contributed by atoms with Gasteiger partial charge in [-0.25, -0.2) is 9.78 Å². The van der Waals surface area contributed by atoms with Gasteiger partial charge in [-0.3, -0.25) is 0 Å². The Morgan fingerprint density at radius 3 is 2.96 bits per heavy atom. The summed E-state index contributed by atoms with van der Waals surface area (Å²) >= 11 is 6.12. The molecule has 0 bridgehead atoms. The van der Waals surface area contributed by atoms with Gasteiger partial charge in [0.15, 0.2) is 5.75 Å². The number of carbonyl (C=O) groups is 1. The minimum absolute atomic E-state index is 0.0620. The molecule has 2 heterocycles. The molecule has 1 aromatic carbocycles. The number of hydrogen-bond donors (Lipinski definition) is 1. The minimum atomic E-state index is -0.479. The normalized spacial score (nSPS) is 15.8. The molecule has 1 unspecified atom stereocenters. The summed E-state index contributed by atoms with van der Waals surface area (Å²) in [5, 5.41) is 3.55. The fraction of sp³-hybridized carbons (Fsp3) is 0.250. The van der Waals surface area contributed by atoms with Crippen LogP contribution in [0, 0.1) is 0 Å². The van der Waals surface area contributed by atoms with E-state index < -0.39 is 5.97 Å². The number of benzene rings is 1. The molecule has 0 saturated carbocycles. The third kappa shape index (κ3) is 3.72. The number of aromatic nitrogens is 1. The first-order chi connectivity index (χ1) is 11.2. The number of carbonyl (C=O) groups excluding carboxylic acids is 1. The highest BCUT2D eigenvalue weighted by atomic mass is 35.5. The zero-order chi connectivity index (χ0) is 16.2. The van der Waals surface area contributed by atoms with Crippen molar-refractivity contribution in [3.8, 4) is 5.75 Å². The third-order valence-electron chi connectivity index (χ3n) is 3.25. The number of nitrogens with zero attached hydrogens (tertiary/aromatic N) is 1. The number of epoxide rings is 1. The lowest BCUT2D eigenvalue weighted by Crippen LogP contribution is -2.11. The van der Waals surface area contributed by atoms with E-state index in [2.05, 4.69) is 10.3 Å². The number of halogens is 1. The number of anilines is 2. The van der Waals surface area contributed by atoms with Crippen LogP contribution >= 0.6 is 11.6 Å². The number of rotatable bonds is 6. The van der Waals surface area contributed by atoms with E-state index in [9.17, 15) is 4.79 Å². The summed E-state index contributed by atoms with van der Waals surface area (Å²) in [4.78, 5) is 16.1. The van der Waals surface area contributed by atoms with Crippen molar-refractivity contribution in [2.24, 2.45) is 0 Å². The highest BCUT2D eigenvalue weighted by Crippen LogP contribution is 2.34. The van der Waals surface area contributed by atoms with Gasteiger partial charge in [0, 0.05) is 6.20 Å². The van der Waals surface area contributed by atoms with Crippen molar-refractivity contribution in [2.75, 3.05) is 25.6 Å². The van der Waals surface area contributed by atoms with Crippen LogP contribution in [0.1, 0.15) is 10.4 Å². The number of methoxy groups -OCH3 is 1. The fourth-order valence-electron chi connectivity index (χ4n) is 2.01. The largest absolute Gasteiger partial charge is 0.488 e. The van der Waals surface area contributed by atoms with Crippen LogP contribution in [0.2, 0.25) is 5.02 Å². The molecule has 1 aromatic heterocycles. The number of pyridine rings is 1. The van der Waals surface area contributed by atoms with Gasteiger partial charge in [0.1, 0.15) is 24.1 Å². The summed E-state index contributed by atoms with van der Waals surface area (Å²) in [6.45, 7) is 1.02. The monoisotopic (exact) mass is 334 g/mol. The Kier molecular flexibility index (Phi) is 4.64. The minimum Gasteiger partial charge on any atom is -0.488 e. The average molecular weight is 335 g/mol. The maximum Gasteiger partial charge on any atom is 0.341 e. The molecule has 23 heavy (non-hydrogen) atoms. The molecule has 1 atom stereocenters. The quantitative estimate of drug-likeness (QED) is 0.646. The molecule has 120 valence electrons. The molecule has 0 spiro atoms. The van der Waals surface area contributed by atoms with Crippen LogP contribution in [-0.2, 0) is 9.47 Å². The molecule has 6 nitrogen and oxygen atoms in total. The Morgan fingerprint density at radius 1 is 1.43 bits per heavy atom. The Morgan fingerprint density at radius 2 is 2.26 bits per heavy atom. The Balaban J connectivity index is 1.93. The first kappa shape index (κ1) is 15.6. The summed E-state index contributed by atoms with van der Waals surface area (Å²) in [5.41, 5.74) is 0.902. The first-order valence-corrected chi connectivity index (χ1v) is 7.40. The summed E-state index contributed by atoms with van der Waals surface area (Å²) in [5.74, 6) is 0.382. The van der Waals surface area contributed by atoms with Crippen LogP contribution in [-0.4, -0.2) is 37.4 Å². The second-order valence-electron chi connectivity index (χ2n) is 4.90. The van der Waals surface area contributed by atoms with Crippen molar-refractivity contribution in [3.63, 3.8) is 0 Å². The van der Waals surface area contributed by atoms with Crippen LogP contribution in [0.15, 0.2) is 36.5 Å². The molecule has 0 amide bonds. The van der Waals surface area contributed by atoms with Gasteiger partial charge in [-0.1, -0.05) is 17.7 Å². The number of ether oxygens (including phenoxy) is 3. The maximum absolute atomic E-state index is 12.0. The van der Waals surface area contributed by atoms with E-state index in [-0.39, 0.29) is 6.10 Å². The van der Waals surface area contributed by atoms with E-state index in [1.54, 1.807) is 36.5 Å². The van der Waals surface area contributed by atoms with Gasteiger partial charge in [0.2, 0.25) is 0 Å². The van der Waals surface area contributed by atoms with Gasteiger partial charge in [-0.05, 0) is 24.3 Å². The average Bonchev–Trinajstić information content (AvgIpc) is 3.39. The molecule has 3 rings (SSSR count). The van der Waals surface area contributed by atoms with Gasteiger partial charge < -0.3 is 19.5 Å². The van der Waals surface area contributed by atoms with Gasteiger partial charge in [-0.15, -0.1) is 0 Å². The van der Waals surface area contributed by atoms with E-state index in [1.165, 1.54) is 7.11 Å². The molecular formula is C16H15ClN2O4. The van der Waals surface area contributed by atoms with E-state index in [4.69, 9.17) is 25.8 Å². The molecule has 2 aromatic rings. The Bertz CT molecular complexity index is 719. The van der Waals surface area contributed by atoms with Gasteiger partial charge in [-0.2, -0.15) is 0 Å². The smallest absolute Gasteiger partial charge is 0.341 e. The predicted molar refractivity (Wildman–Crippen MR) is 85.5 cm³/mol. The molecule has 0 radical (unpaired) electrons. The molecule has 1 fully saturated rings. The van der Waals surface area contributed by atoms with E-state index in [1.807, 2.05) is 0 Å². The Labute approximate surface area is 138 Å². The highest BCUT2D eigenvalue weighted by molar-refractivity contribution is 6.33. The lowest BCUT2D eigenvalue weighted by molar-refractivity contribution is 0.0595. The fourth-order valence-corrected chi connectivity index (χ4v) is 2.18. The summed E-state index contributed by atoms with van der Waals surface area (Å²) < 4.78 is 15.7. The van der Waals surface area contributed by atoms with E-state index in [0.717, 1.165) is 0 Å². The SMILES string of the molecule is COC(=O)c1cccc(Nc2ncccc2Cl)c1OCC1CO1. The van der Waals surface area contributed by atoms with Crippen LogP contribution in [0.25, 0.3) is 0 Å². The number of hydrogen-bond acceptors (Lipinski definition) is 6. The first-order valence-electron chi connectivity index (χ1n) is 7.02. The third-order valence-corrected chi connectivity index (χ3v) is 3.55. The van der Waals surface area contributed by atoms with Crippen molar-refractivity contribution >= 4 is 29.1 Å². The maximum atomic E-state index is 12.0. The molecule has 1 saturated heterocycles. The topological polar surface area (TPSA) is 73.0 Å². The Hall–Kier alpha value is -2.31. The molecule has 7 heteroatoms. The second kappa shape index (κ2) is 6.85. The van der Waals surface area contributed by atoms with Gasteiger partial charge >= 0.3 is 5.97 Å². The van der Waals surface area contributed by atoms with Crippen molar-refractivity contribution in [1.29, 1.82) is 0 Å². The molecular weight excluding hydrogens is 320 g/mol. The van der Waals surface area contributed by atoms with Crippen LogP contribution in [0.3, 0.4) is 0 Å². The second-order valence-corrected chi connectivity index (χ2v) is 5.31. The van der Waals surface area contributed by atoms with E-state index in [0.29, 0.717) is 41.1 Å². The molecule has 1 aliphatic heterocycles. The predicted octanol–water partition coefficient (Wildman–Crippen LogP) is 3.04. The summed E-state index contributed by atoms with van der Waals surface area (Å²) in [7, 11) is 1.33. The zero-order valence-corrected chi connectivity index (χ0v) is 13.2. The number of esters is 1. The molecule has 1 aliphatic rings. The van der Waals surface area contributed by atoms with Crippen LogP contribution < -0.4 is 10.1 Å². The highest BCUT2D eigenvalue weighted by Gasteiger charge is 2.25. The summed E-state index contributed by atoms with van der Waals surface area (Å²) in [6.07, 6.45) is 1.68. The van der Waals surface area contributed by atoms with Crippen molar-refractivity contribution in [3.05, 3.63) is 47.1 Å². The van der Waals surface area contributed by atoms with Gasteiger partial charge in [0.05, 0.1) is 24.4 Å². The lowest BCUT2D eigenvalue weighted by Gasteiger charge is -2.15.